The number of carbonyl (C=O) groups excluding carboxylic acids is 2. The molecule has 0 spiro atoms. The van der Waals surface area contributed by atoms with E-state index in [-0.39, 0.29) is 11.1 Å². The van der Waals surface area contributed by atoms with Crippen molar-refractivity contribution in [1.29, 1.82) is 0 Å². The summed E-state index contributed by atoms with van der Waals surface area (Å²) < 4.78 is 25.9. The van der Waals surface area contributed by atoms with E-state index in [9.17, 15) is 19.1 Å². The summed E-state index contributed by atoms with van der Waals surface area (Å²) in [6, 6.07) is 17.9. The maximum absolute atomic E-state index is 15.0. The molecule has 1 fully saturated rings. The number of ether oxygens (including phenoxy) is 2. The number of rotatable bonds is 7. The normalized spacial score (nSPS) is 17.2. The van der Waals surface area contributed by atoms with E-state index < -0.39 is 29.3 Å². The quantitative estimate of drug-likeness (QED) is 0.278. The molecule has 1 aliphatic heterocycles. The van der Waals surface area contributed by atoms with Gasteiger partial charge in [-0.15, -0.1) is 0 Å². The molecule has 1 N–H and O–H groups in total. The van der Waals surface area contributed by atoms with Crippen LogP contribution < -0.4 is 14.4 Å². The number of hydrogen-bond acceptors (Lipinski definition) is 5. The van der Waals surface area contributed by atoms with Crippen molar-refractivity contribution >= 4 is 23.1 Å². The Labute approximate surface area is 203 Å². The average molecular weight is 476 g/mol. The summed E-state index contributed by atoms with van der Waals surface area (Å²) in [5.74, 6) is -1.40. The van der Waals surface area contributed by atoms with Crippen LogP contribution in [-0.4, -0.2) is 30.5 Å². The van der Waals surface area contributed by atoms with Crippen molar-refractivity contribution in [2.75, 3.05) is 18.6 Å². The largest absolute Gasteiger partial charge is 0.507 e. The monoisotopic (exact) mass is 475 g/mol. The van der Waals surface area contributed by atoms with Gasteiger partial charge in [0.2, 0.25) is 0 Å². The Kier molecular flexibility index (Phi) is 6.87. The van der Waals surface area contributed by atoms with Crippen LogP contribution >= 0.6 is 0 Å². The second-order valence-electron chi connectivity index (χ2n) is 8.62. The number of amides is 1. The Bertz CT molecular complexity index is 1280. The van der Waals surface area contributed by atoms with Crippen molar-refractivity contribution in [3.8, 4) is 11.5 Å². The van der Waals surface area contributed by atoms with E-state index in [4.69, 9.17) is 9.47 Å². The van der Waals surface area contributed by atoms with Crippen LogP contribution in [0.1, 0.15) is 31.0 Å². The number of nitrogens with zero attached hydrogens (tertiary/aromatic N) is 1. The number of ketones is 1. The Balaban J connectivity index is 1.87. The number of hydrogen-bond donors (Lipinski definition) is 1. The van der Waals surface area contributed by atoms with E-state index >= 15 is 0 Å². The summed E-state index contributed by atoms with van der Waals surface area (Å²) in [4.78, 5) is 27.6. The third kappa shape index (κ3) is 4.75. The number of halogens is 1. The zero-order valence-corrected chi connectivity index (χ0v) is 19.7. The zero-order chi connectivity index (χ0) is 25.1. The lowest BCUT2D eigenvalue weighted by atomic mass is 9.94. The van der Waals surface area contributed by atoms with Gasteiger partial charge in [-0.3, -0.25) is 14.5 Å². The van der Waals surface area contributed by atoms with Crippen LogP contribution in [0.25, 0.3) is 5.76 Å². The molecule has 0 aromatic heterocycles. The van der Waals surface area contributed by atoms with Gasteiger partial charge in [0, 0.05) is 16.8 Å². The van der Waals surface area contributed by atoms with Crippen molar-refractivity contribution in [1.82, 2.24) is 0 Å². The van der Waals surface area contributed by atoms with E-state index in [0.29, 0.717) is 35.3 Å². The van der Waals surface area contributed by atoms with Crippen LogP contribution in [0.3, 0.4) is 0 Å². The third-order valence-electron chi connectivity index (χ3n) is 5.69. The lowest BCUT2D eigenvalue weighted by Crippen LogP contribution is -2.29. The summed E-state index contributed by atoms with van der Waals surface area (Å²) in [5.41, 5.74) is 0.558. The molecule has 1 aliphatic rings. The Hall–Kier alpha value is -4.13. The van der Waals surface area contributed by atoms with E-state index in [2.05, 4.69) is 0 Å². The van der Waals surface area contributed by atoms with Crippen molar-refractivity contribution in [3.05, 3.63) is 95.3 Å². The van der Waals surface area contributed by atoms with Gasteiger partial charge >= 0.3 is 0 Å². The average Bonchev–Trinajstić information content (AvgIpc) is 3.13. The summed E-state index contributed by atoms with van der Waals surface area (Å²) in [6.45, 7) is 4.50. The molecular formula is C28H26FNO5. The number of aliphatic hydroxyl groups is 1. The van der Waals surface area contributed by atoms with Crippen molar-refractivity contribution < 1.29 is 28.6 Å². The Morgan fingerprint density at radius 3 is 2.37 bits per heavy atom. The number of benzene rings is 3. The highest BCUT2D eigenvalue weighted by molar-refractivity contribution is 6.51. The van der Waals surface area contributed by atoms with Crippen molar-refractivity contribution in [2.45, 2.75) is 19.9 Å². The van der Waals surface area contributed by atoms with Crippen LogP contribution in [-0.2, 0) is 9.59 Å². The van der Waals surface area contributed by atoms with E-state index in [1.54, 1.807) is 54.6 Å². The minimum absolute atomic E-state index is 0.0938. The van der Waals surface area contributed by atoms with Gasteiger partial charge in [0.1, 0.15) is 23.1 Å². The molecular weight excluding hydrogens is 449 g/mol. The van der Waals surface area contributed by atoms with Gasteiger partial charge in [0.25, 0.3) is 11.7 Å². The minimum atomic E-state index is -1.16. The van der Waals surface area contributed by atoms with Crippen molar-refractivity contribution in [2.24, 2.45) is 5.92 Å². The van der Waals surface area contributed by atoms with Crippen LogP contribution in [0.4, 0.5) is 10.1 Å². The Morgan fingerprint density at radius 2 is 1.71 bits per heavy atom. The summed E-state index contributed by atoms with van der Waals surface area (Å²) >= 11 is 0. The molecule has 0 bridgehead atoms. The fraction of sp³-hybridized carbons (Fsp3) is 0.214. The first-order valence-electron chi connectivity index (χ1n) is 11.2. The smallest absolute Gasteiger partial charge is 0.300 e. The first-order chi connectivity index (χ1) is 16.8. The standard InChI is InChI=1S/C28H26FNO5/c1-17(2)16-35-21-8-6-7-18(15-21)26(31)24-25(22-9-4-5-10-23(22)29)30(28(33)27(24)32)19-11-13-20(34-3)14-12-19/h4-15,17,25,31H,16H2,1-3H3/b26-24-. The lowest BCUT2D eigenvalue weighted by Gasteiger charge is -2.26. The first-order valence-corrected chi connectivity index (χ1v) is 11.2. The fourth-order valence-corrected chi connectivity index (χ4v) is 3.98. The molecule has 1 amide bonds. The predicted molar refractivity (Wildman–Crippen MR) is 131 cm³/mol. The number of anilines is 1. The molecule has 3 aromatic carbocycles. The van der Waals surface area contributed by atoms with Gasteiger partial charge in [-0.2, -0.15) is 0 Å². The zero-order valence-electron chi connectivity index (χ0n) is 19.7. The number of methoxy groups -OCH3 is 1. The molecule has 0 aliphatic carbocycles. The fourth-order valence-electron chi connectivity index (χ4n) is 3.98. The molecule has 180 valence electrons. The Morgan fingerprint density at radius 1 is 1.00 bits per heavy atom. The molecule has 35 heavy (non-hydrogen) atoms. The molecule has 1 heterocycles. The predicted octanol–water partition coefficient (Wildman–Crippen LogP) is 5.50. The summed E-state index contributed by atoms with van der Waals surface area (Å²) in [7, 11) is 1.51. The number of aliphatic hydroxyl groups excluding tert-OH is 1. The second kappa shape index (κ2) is 10.0. The molecule has 7 heteroatoms. The van der Waals surface area contributed by atoms with Gasteiger partial charge in [-0.25, -0.2) is 4.39 Å². The molecule has 1 atom stereocenters. The SMILES string of the molecule is COc1ccc(N2C(=O)C(=O)/C(=C(\O)c3cccc(OCC(C)C)c3)C2c2ccccc2F)cc1. The van der Waals surface area contributed by atoms with Crippen LogP contribution in [0, 0.1) is 11.7 Å². The molecule has 0 saturated carbocycles. The maximum atomic E-state index is 15.0. The number of carbonyl (C=O) groups is 2. The number of Topliss-reactive ketones (excluding diaryl/α,β-unsaturated/α-hetero) is 1. The highest BCUT2D eigenvalue weighted by atomic mass is 19.1. The van der Waals surface area contributed by atoms with Gasteiger partial charge in [0.05, 0.1) is 25.3 Å². The van der Waals surface area contributed by atoms with Gasteiger partial charge in [0.15, 0.2) is 0 Å². The molecule has 3 aromatic rings. The van der Waals surface area contributed by atoms with E-state index in [1.165, 1.54) is 30.2 Å². The van der Waals surface area contributed by atoms with Crippen molar-refractivity contribution in [3.63, 3.8) is 0 Å². The second-order valence-corrected chi connectivity index (χ2v) is 8.62. The van der Waals surface area contributed by atoms with Crippen LogP contribution in [0.15, 0.2) is 78.4 Å². The molecule has 1 saturated heterocycles. The molecule has 1 unspecified atom stereocenters. The topological polar surface area (TPSA) is 76.1 Å². The highest BCUT2D eigenvalue weighted by Gasteiger charge is 2.47. The molecule has 0 radical (unpaired) electrons. The lowest BCUT2D eigenvalue weighted by molar-refractivity contribution is -0.132. The minimum Gasteiger partial charge on any atom is -0.507 e. The maximum Gasteiger partial charge on any atom is 0.300 e. The third-order valence-corrected chi connectivity index (χ3v) is 5.69. The summed E-state index contributed by atoms with van der Waals surface area (Å²) in [5, 5.41) is 11.3. The van der Waals surface area contributed by atoms with Crippen LogP contribution in [0.2, 0.25) is 0 Å². The molecule has 4 rings (SSSR count). The van der Waals surface area contributed by atoms with Gasteiger partial charge in [-0.1, -0.05) is 44.2 Å². The van der Waals surface area contributed by atoms with Gasteiger partial charge in [-0.05, 0) is 48.4 Å². The van der Waals surface area contributed by atoms with Crippen LogP contribution in [0.5, 0.6) is 11.5 Å². The highest BCUT2D eigenvalue weighted by Crippen LogP contribution is 2.43. The molecule has 6 nitrogen and oxygen atoms in total. The summed E-state index contributed by atoms with van der Waals surface area (Å²) in [6.07, 6.45) is 0. The van der Waals surface area contributed by atoms with Gasteiger partial charge < -0.3 is 14.6 Å². The van der Waals surface area contributed by atoms with E-state index in [1.807, 2.05) is 13.8 Å². The van der Waals surface area contributed by atoms with E-state index in [0.717, 1.165) is 0 Å². The first kappa shape index (κ1) is 24.0.